The van der Waals surface area contributed by atoms with Gasteiger partial charge in [0.05, 0.1) is 19.3 Å². The maximum atomic E-state index is 11.5. The normalized spacial score (nSPS) is 9.87. The molecule has 0 unspecified atom stereocenters. The van der Waals surface area contributed by atoms with Gasteiger partial charge in [0.2, 0.25) is 0 Å². The predicted octanol–water partition coefficient (Wildman–Crippen LogP) is 2.49. The first-order valence-corrected chi connectivity index (χ1v) is 4.92. The fourth-order valence-electron chi connectivity index (χ4n) is 1.60. The Morgan fingerprint density at radius 2 is 1.80 bits per heavy atom. The highest BCUT2D eigenvalue weighted by Gasteiger charge is 2.13. The van der Waals surface area contributed by atoms with Crippen molar-refractivity contribution in [2.45, 2.75) is 20.8 Å². The number of hydrogen-bond donors (Lipinski definition) is 0. The summed E-state index contributed by atoms with van der Waals surface area (Å²) < 4.78 is 10.1. The highest BCUT2D eigenvalue weighted by molar-refractivity contribution is 5.92. The van der Waals surface area contributed by atoms with E-state index in [-0.39, 0.29) is 5.97 Å². The molecule has 0 aliphatic carbocycles. The lowest BCUT2D eigenvalue weighted by Crippen LogP contribution is -2.07. The maximum Gasteiger partial charge on any atom is 0.338 e. The molecular weight excluding hydrogens is 192 g/mol. The van der Waals surface area contributed by atoms with E-state index in [9.17, 15) is 4.79 Å². The van der Waals surface area contributed by atoms with Crippen LogP contribution in [0.2, 0.25) is 0 Å². The molecule has 0 spiro atoms. The molecule has 1 aromatic rings. The van der Waals surface area contributed by atoms with Crippen molar-refractivity contribution in [2.24, 2.45) is 0 Å². The topological polar surface area (TPSA) is 35.5 Å². The van der Waals surface area contributed by atoms with Crippen molar-refractivity contribution in [1.82, 2.24) is 0 Å². The molecule has 0 bridgehead atoms. The van der Waals surface area contributed by atoms with Crippen LogP contribution in [0.3, 0.4) is 0 Å². The summed E-state index contributed by atoms with van der Waals surface area (Å²) in [6.07, 6.45) is 0. The average Bonchev–Trinajstić information content (AvgIpc) is 2.16. The third-order valence-electron chi connectivity index (χ3n) is 2.21. The van der Waals surface area contributed by atoms with Gasteiger partial charge in [0, 0.05) is 0 Å². The second-order valence-electron chi connectivity index (χ2n) is 3.36. The van der Waals surface area contributed by atoms with Crippen LogP contribution in [-0.4, -0.2) is 19.7 Å². The summed E-state index contributed by atoms with van der Waals surface area (Å²) in [4.78, 5) is 11.5. The van der Waals surface area contributed by atoms with Gasteiger partial charge in [0.1, 0.15) is 5.75 Å². The molecule has 15 heavy (non-hydrogen) atoms. The van der Waals surface area contributed by atoms with E-state index in [0.29, 0.717) is 12.2 Å². The molecule has 0 atom stereocenters. The molecule has 0 saturated heterocycles. The second-order valence-corrected chi connectivity index (χ2v) is 3.36. The molecule has 3 heteroatoms. The van der Waals surface area contributed by atoms with Crippen LogP contribution in [0, 0.1) is 13.8 Å². The molecule has 1 rings (SSSR count). The minimum Gasteiger partial charge on any atom is -0.494 e. The Bertz CT molecular complexity index is 346. The number of ether oxygens (including phenoxy) is 2. The van der Waals surface area contributed by atoms with Crippen LogP contribution in [-0.2, 0) is 4.74 Å². The molecule has 0 fully saturated rings. The first-order chi connectivity index (χ1) is 7.10. The first-order valence-electron chi connectivity index (χ1n) is 4.92. The monoisotopic (exact) mass is 208 g/mol. The van der Waals surface area contributed by atoms with E-state index in [2.05, 4.69) is 0 Å². The van der Waals surface area contributed by atoms with Crippen molar-refractivity contribution in [1.29, 1.82) is 0 Å². The summed E-state index contributed by atoms with van der Waals surface area (Å²) in [5.74, 6) is 0.494. The highest BCUT2D eigenvalue weighted by atomic mass is 16.5. The molecule has 0 saturated carbocycles. The lowest BCUT2D eigenvalue weighted by molar-refractivity contribution is 0.0599. The summed E-state index contributed by atoms with van der Waals surface area (Å²) in [7, 11) is 1.39. The Hall–Kier alpha value is -1.51. The van der Waals surface area contributed by atoms with E-state index in [1.807, 2.05) is 32.9 Å². The first kappa shape index (κ1) is 11.6. The Morgan fingerprint density at radius 3 is 2.20 bits per heavy atom. The summed E-state index contributed by atoms with van der Waals surface area (Å²) in [6.45, 7) is 6.30. The van der Waals surface area contributed by atoms with E-state index >= 15 is 0 Å². The zero-order valence-corrected chi connectivity index (χ0v) is 9.59. The molecule has 82 valence electrons. The van der Waals surface area contributed by atoms with Crippen LogP contribution in [0.1, 0.15) is 28.4 Å². The highest BCUT2D eigenvalue weighted by Crippen LogP contribution is 2.22. The van der Waals surface area contributed by atoms with Gasteiger partial charge in [0.25, 0.3) is 0 Å². The SMILES string of the molecule is CCOc1cc(C)c(C(=O)OC)c(C)c1. The van der Waals surface area contributed by atoms with Crippen molar-refractivity contribution >= 4 is 5.97 Å². The van der Waals surface area contributed by atoms with E-state index < -0.39 is 0 Å². The van der Waals surface area contributed by atoms with E-state index in [1.165, 1.54) is 7.11 Å². The van der Waals surface area contributed by atoms with Gasteiger partial charge < -0.3 is 9.47 Å². The fraction of sp³-hybridized carbons (Fsp3) is 0.417. The van der Waals surface area contributed by atoms with Crippen molar-refractivity contribution < 1.29 is 14.3 Å². The Balaban J connectivity index is 3.15. The number of methoxy groups -OCH3 is 1. The van der Waals surface area contributed by atoms with Crippen LogP contribution in [0.4, 0.5) is 0 Å². The lowest BCUT2D eigenvalue weighted by atomic mass is 10.0. The van der Waals surface area contributed by atoms with E-state index in [1.54, 1.807) is 0 Å². The summed E-state index contributed by atoms with van der Waals surface area (Å²) in [6, 6.07) is 3.70. The maximum absolute atomic E-state index is 11.5. The second kappa shape index (κ2) is 4.82. The summed E-state index contributed by atoms with van der Waals surface area (Å²) in [5, 5.41) is 0. The van der Waals surface area contributed by atoms with Crippen LogP contribution >= 0.6 is 0 Å². The number of rotatable bonds is 3. The number of esters is 1. The van der Waals surface area contributed by atoms with Gasteiger partial charge in [-0.15, -0.1) is 0 Å². The van der Waals surface area contributed by atoms with Crippen molar-refractivity contribution in [3.63, 3.8) is 0 Å². The molecule has 1 aromatic carbocycles. The molecule has 3 nitrogen and oxygen atoms in total. The van der Waals surface area contributed by atoms with Gasteiger partial charge in [-0.25, -0.2) is 4.79 Å². The number of carbonyl (C=O) groups excluding carboxylic acids is 1. The molecule has 0 aliphatic heterocycles. The molecule has 0 aliphatic rings. The number of carbonyl (C=O) groups is 1. The van der Waals surface area contributed by atoms with Crippen molar-refractivity contribution in [2.75, 3.05) is 13.7 Å². The molecule has 0 N–H and O–H groups in total. The van der Waals surface area contributed by atoms with Gasteiger partial charge >= 0.3 is 5.97 Å². The van der Waals surface area contributed by atoms with Crippen molar-refractivity contribution in [3.05, 3.63) is 28.8 Å². The van der Waals surface area contributed by atoms with Crippen molar-refractivity contribution in [3.8, 4) is 5.75 Å². The molecule has 0 heterocycles. The van der Waals surface area contributed by atoms with Crippen LogP contribution < -0.4 is 4.74 Å². The minimum absolute atomic E-state index is 0.298. The number of benzene rings is 1. The number of hydrogen-bond acceptors (Lipinski definition) is 3. The predicted molar refractivity (Wildman–Crippen MR) is 58.4 cm³/mol. The zero-order chi connectivity index (χ0) is 11.4. The van der Waals surface area contributed by atoms with Gasteiger partial charge in [-0.1, -0.05) is 0 Å². The minimum atomic E-state index is -0.298. The molecule has 0 radical (unpaired) electrons. The van der Waals surface area contributed by atoms with Crippen LogP contribution in [0.15, 0.2) is 12.1 Å². The molecule has 0 aromatic heterocycles. The fourth-order valence-corrected chi connectivity index (χ4v) is 1.60. The largest absolute Gasteiger partial charge is 0.494 e. The van der Waals surface area contributed by atoms with E-state index in [0.717, 1.165) is 16.9 Å². The molecular formula is C12H16O3. The van der Waals surface area contributed by atoms with Gasteiger partial charge in [-0.2, -0.15) is 0 Å². The van der Waals surface area contributed by atoms with Gasteiger partial charge in [-0.05, 0) is 44.0 Å². The Labute approximate surface area is 90.0 Å². The van der Waals surface area contributed by atoms with E-state index in [4.69, 9.17) is 9.47 Å². The van der Waals surface area contributed by atoms with Gasteiger partial charge in [-0.3, -0.25) is 0 Å². The molecule has 0 amide bonds. The third-order valence-corrected chi connectivity index (χ3v) is 2.21. The zero-order valence-electron chi connectivity index (χ0n) is 9.59. The smallest absolute Gasteiger partial charge is 0.338 e. The van der Waals surface area contributed by atoms with Crippen LogP contribution in [0.5, 0.6) is 5.75 Å². The summed E-state index contributed by atoms with van der Waals surface area (Å²) >= 11 is 0. The summed E-state index contributed by atoms with van der Waals surface area (Å²) in [5.41, 5.74) is 2.39. The van der Waals surface area contributed by atoms with Crippen LogP contribution in [0.25, 0.3) is 0 Å². The third kappa shape index (κ3) is 2.49. The number of aryl methyl sites for hydroxylation is 2. The Kier molecular flexibility index (Phi) is 3.72. The quantitative estimate of drug-likeness (QED) is 0.716. The standard InChI is InChI=1S/C12H16O3/c1-5-15-10-6-8(2)11(9(3)7-10)12(13)14-4/h6-7H,5H2,1-4H3. The lowest BCUT2D eigenvalue weighted by Gasteiger charge is -2.10. The average molecular weight is 208 g/mol. The van der Waals surface area contributed by atoms with Gasteiger partial charge in [0.15, 0.2) is 0 Å². The Morgan fingerprint density at radius 1 is 1.27 bits per heavy atom.